The molecule has 0 radical (unpaired) electrons. The van der Waals surface area contributed by atoms with Crippen LogP contribution >= 0.6 is 0 Å². The summed E-state index contributed by atoms with van der Waals surface area (Å²) >= 11 is 0. The number of carbonyl (C=O) groups excluding carboxylic acids is 2. The molecule has 19 heavy (non-hydrogen) atoms. The second-order valence-electron chi connectivity index (χ2n) is 4.87. The van der Waals surface area contributed by atoms with Gasteiger partial charge >= 0.3 is 0 Å². The Bertz CT molecular complexity index is 461. The van der Waals surface area contributed by atoms with Gasteiger partial charge in [-0.25, -0.2) is 0 Å². The maximum absolute atomic E-state index is 12.2. The molecule has 5 nitrogen and oxygen atoms in total. The van der Waals surface area contributed by atoms with Crippen molar-refractivity contribution in [2.75, 3.05) is 26.7 Å². The summed E-state index contributed by atoms with van der Waals surface area (Å²) in [5.74, 6) is -0.184. The molecule has 1 heterocycles. The topological polar surface area (TPSA) is 66.6 Å². The van der Waals surface area contributed by atoms with Crippen LogP contribution in [0.5, 0.6) is 0 Å². The number of hydrogen-bond donors (Lipinski definition) is 1. The normalized spacial score (nSPS) is 17.5. The van der Waals surface area contributed by atoms with Crippen LogP contribution in [-0.4, -0.2) is 54.3 Å². The molecule has 2 amide bonds. The summed E-state index contributed by atoms with van der Waals surface area (Å²) in [5, 5.41) is 0. The number of carbonyl (C=O) groups is 2. The highest BCUT2D eigenvalue weighted by atomic mass is 16.2. The minimum atomic E-state index is -0.585. The molecular weight excluding hydrogens is 242 g/mol. The molecule has 1 aromatic rings. The summed E-state index contributed by atoms with van der Waals surface area (Å²) in [6.07, 6.45) is 0.500. The predicted octanol–water partition coefficient (Wildman–Crippen LogP) is -0.143. The Labute approximate surface area is 113 Å². The van der Waals surface area contributed by atoms with Gasteiger partial charge in [-0.1, -0.05) is 30.3 Å². The van der Waals surface area contributed by atoms with Crippen molar-refractivity contribution in [1.29, 1.82) is 0 Å². The number of benzene rings is 1. The molecular formula is C14H19N3O2. The Morgan fingerprint density at radius 1 is 1.32 bits per heavy atom. The zero-order valence-corrected chi connectivity index (χ0v) is 11.1. The number of nitrogens with zero attached hydrogens (tertiary/aromatic N) is 2. The zero-order valence-electron chi connectivity index (χ0n) is 11.1. The third kappa shape index (κ3) is 3.32. The number of rotatable bonds is 3. The SMILES string of the molecule is CN1CCN(C(=O)C(N)Cc2ccccc2)CC1=O. The van der Waals surface area contributed by atoms with Crippen LogP contribution in [0.25, 0.3) is 0 Å². The molecule has 0 bridgehead atoms. The van der Waals surface area contributed by atoms with E-state index in [4.69, 9.17) is 5.73 Å². The summed E-state index contributed by atoms with van der Waals surface area (Å²) in [5.41, 5.74) is 6.98. The van der Waals surface area contributed by atoms with Crippen LogP contribution in [0, 0.1) is 0 Å². The summed E-state index contributed by atoms with van der Waals surface area (Å²) in [7, 11) is 1.74. The van der Waals surface area contributed by atoms with E-state index in [-0.39, 0.29) is 18.4 Å². The van der Waals surface area contributed by atoms with Crippen molar-refractivity contribution in [3.63, 3.8) is 0 Å². The number of piperazine rings is 1. The van der Waals surface area contributed by atoms with Crippen LogP contribution in [0.2, 0.25) is 0 Å². The molecule has 1 aliphatic heterocycles. The predicted molar refractivity (Wildman–Crippen MR) is 72.3 cm³/mol. The van der Waals surface area contributed by atoms with E-state index in [1.807, 2.05) is 30.3 Å². The lowest BCUT2D eigenvalue weighted by atomic mass is 10.1. The maximum Gasteiger partial charge on any atom is 0.241 e. The first-order valence-corrected chi connectivity index (χ1v) is 6.40. The Kier molecular flexibility index (Phi) is 4.16. The second-order valence-corrected chi connectivity index (χ2v) is 4.87. The van der Waals surface area contributed by atoms with Crippen LogP contribution < -0.4 is 5.73 Å². The van der Waals surface area contributed by atoms with Gasteiger partial charge < -0.3 is 15.5 Å². The van der Waals surface area contributed by atoms with E-state index in [2.05, 4.69) is 0 Å². The third-order valence-corrected chi connectivity index (χ3v) is 3.38. The van der Waals surface area contributed by atoms with E-state index in [1.165, 1.54) is 0 Å². The van der Waals surface area contributed by atoms with Gasteiger partial charge in [-0.2, -0.15) is 0 Å². The van der Waals surface area contributed by atoms with Crippen LogP contribution in [0.15, 0.2) is 30.3 Å². The van der Waals surface area contributed by atoms with E-state index in [9.17, 15) is 9.59 Å². The molecule has 1 saturated heterocycles. The summed E-state index contributed by atoms with van der Waals surface area (Å²) in [6.45, 7) is 1.27. The van der Waals surface area contributed by atoms with E-state index in [0.717, 1.165) is 5.56 Å². The van der Waals surface area contributed by atoms with Crippen molar-refractivity contribution >= 4 is 11.8 Å². The number of hydrogen-bond acceptors (Lipinski definition) is 3. The van der Waals surface area contributed by atoms with Gasteiger partial charge in [0, 0.05) is 20.1 Å². The molecule has 1 unspecified atom stereocenters. The lowest BCUT2D eigenvalue weighted by molar-refractivity contribution is -0.144. The molecule has 0 saturated carbocycles. The largest absolute Gasteiger partial charge is 0.342 e. The summed E-state index contributed by atoms with van der Waals surface area (Å²) in [4.78, 5) is 26.9. The lowest BCUT2D eigenvalue weighted by Gasteiger charge is -2.33. The van der Waals surface area contributed by atoms with Crippen molar-refractivity contribution in [2.45, 2.75) is 12.5 Å². The van der Waals surface area contributed by atoms with E-state index >= 15 is 0 Å². The number of nitrogens with two attached hydrogens (primary N) is 1. The summed E-state index contributed by atoms with van der Waals surface area (Å²) < 4.78 is 0. The first-order chi connectivity index (χ1) is 9.08. The van der Waals surface area contributed by atoms with Gasteiger partial charge in [0.25, 0.3) is 0 Å². The number of likely N-dealkylation sites (N-methyl/N-ethyl adjacent to an activating group) is 1. The molecule has 1 aliphatic rings. The smallest absolute Gasteiger partial charge is 0.241 e. The summed E-state index contributed by atoms with van der Waals surface area (Å²) in [6, 6.07) is 9.08. The molecule has 0 spiro atoms. The minimum absolute atomic E-state index is 0.0356. The van der Waals surface area contributed by atoms with Crippen LogP contribution in [0.1, 0.15) is 5.56 Å². The van der Waals surface area contributed by atoms with Gasteiger partial charge in [0.2, 0.25) is 11.8 Å². The Hall–Kier alpha value is -1.88. The third-order valence-electron chi connectivity index (χ3n) is 3.38. The Balaban J connectivity index is 1.94. The highest BCUT2D eigenvalue weighted by Crippen LogP contribution is 2.07. The molecule has 1 aromatic carbocycles. The second kappa shape index (κ2) is 5.84. The van der Waals surface area contributed by atoms with Gasteiger partial charge in [0.1, 0.15) is 0 Å². The highest BCUT2D eigenvalue weighted by Gasteiger charge is 2.28. The van der Waals surface area contributed by atoms with E-state index in [0.29, 0.717) is 19.5 Å². The Morgan fingerprint density at radius 2 is 2.00 bits per heavy atom. The quantitative estimate of drug-likeness (QED) is 0.823. The standard InChI is InChI=1S/C14H19N3O2/c1-16-7-8-17(10-13(16)18)14(19)12(15)9-11-5-3-2-4-6-11/h2-6,12H,7-10,15H2,1H3. The Morgan fingerprint density at radius 3 is 2.63 bits per heavy atom. The van der Waals surface area contributed by atoms with Crippen LogP contribution in [-0.2, 0) is 16.0 Å². The molecule has 0 aliphatic carbocycles. The molecule has 2 N–H and O–H groups in total. The molecule has 2 rings (SSSR count). The van der Waals surface area contributed by atoms with E-state index < -0.39 is 6.04 Å². The minimum Gasteiger partial charge on any atom is -0.342 e. The fourth-order valence-corrected chi connectivity index (χ4v) is 2.14. The van der Waals surface area contributed by atoms with Crippen molar-refractivity contribution in [2.24, 2.45) is 5.73 Å². The first-order valence-electron chi connectivity index (χ1n) is 6.40. The molecule has 1 atom stereocenters. The lowest BCUT2D eigenvalue weighted by Crippen LogP contribution is -2.55. The fraction of sp³-hybridized carbons (Fsp3) is 0.429. The van der Waals surface area contributed by atoms with Crippen molar-refractivity contribution < 1.29 is 9.59 Å². The van der Waals surface area contributed by atoms with Crippen LogP contribution in [0.4, 0.5) is 0 Å². The zero-order chi connectivity index (χ0) is 13.8. The van der Waals surface area contributed by atoms with Gasteiger partial charge in [0.05, 0.1) is 12.6 Å². The highest BCUT2D eigenvalue weighted by molar-refractivity contribution is 5.88. The van der Waals surface area contributed by atoms with Crippen molar-refractivity contribution in [3.8, 4) is 0 Å². The van der Waals surface area contributed by atoms with Gasteiger partial charge in [0.15, 0.2) is 0 Å². The van der Waals surface area contributed by atoms with Gasteiger partial charge in [-0.05, 0) is 12.0 Å². The molecule has 102 valence electrons. The average Bonchev–Trinajstić information content (AvgIpc) is 2.42. The average molecular weight is 261 g/mol. The monoisotopic (exact) mass is 261 g/mol. The maximum atomic E-state index is 12.2. The van der Waals surface area contributed by atoms with Crippen molar-refractivity contribution in [3.05, 3.63) is 35.9 Å². The first kappa shape index (κ1) is 13.5. The van der Waals surface area contributed by atoms with Crippen molar-refractivity contribution in [1.82, 2.24) is 9.80 Å². The fourth-order valence-electron chi connectivity index (χ4n) is 2.14. The molecule has 0 aromatic heterocycles. The van der Waals surface area contributed by atoms with Crippen LogP contribution in [0.3, 0.4) is 0 Å². The van der Waals surface area contributed by atoms with E-state index in [1.54, 1.807) is 16.8 Å². The van der Waals surface area contributed by atoms with Gasteiger partial charge in [-0.3, -0.25) is 9.59 Å². The molecule has 1 fully saturated rings. The molecule has 5 heteroatoms. The van der Waals surface area contributed by atoms with Gasteiger partial charge in [-0.15, -0.1) is 0 Å². The number of amides is 2.